The molecular weight excluding hydrogens is 370 g/mol. The molecule has 1 atom stereocenters. The average Bonchev–Trinajstić information content (AvgIpc) is 2.73. The minimum atomic E-state index is -0.752. The van der Waals surface area contributed by atoms with Gasteiger partial charge in [0, 0.05) is 5.39 Å². The second-order valence-electron chi connectivity index (χ2n) is 7.01. The third-order valence-corrected chi connectivity index (χ3v) is 4.52. The van der Waals surface area contributed by atoms with Crippen molar-refractivity contribution in [3.8, 4) is 0 Å². The van der Waals surface area contributed by atoms with Crippen LogP contribution in [0.1, 0.15) is 48.9 Å². The third-order valence-electron chi connectivity index (χ3n) is 4.52. The normalized spacial score (nSPS) is 12.0. The van der Waals surface area contributed by atoms with Gasteiger partial charge in [0.1, 0.15) is 0 Å². The molecule has 1 amide bonds. The first-order chi connectivity index (χ1) is 13.9. The number of benzene rings is 2. The zero-order valence-corrected chi connectivity index (χ0v) is 16.6. The largest absolute Gasteiger partial charge is 0.451 e. The van der Waals surface area contributed by atoms with E-state index < -0.39 is 18.5 Å². The number of aromatic nitrogens is 2. The molecule has 0 saturated carbocycles. The van der Waals surface area contributed by atoms with E-state index in [1.54, 1.807) is 38.1 Å². The van der Waals surface area contributed by atoms with Crippen molar-refractivity contribution in [2.24, 2.45) is 0 Å². The number of esters is 1. The van der Waals surface area contributed by atoms with E-state index in [-0.39, 0.29) is 23.3 Å². The number of ether oxygens (including phenoxy) is 1. The fraction of sp³-hybridized carbons (Fsp3) is 0.273. The van der Waals surface area contributed by atoms with Crippen molar-refractivity contribution in [3.63, 3.8) is 0 Å². The Kier molecular flexibility index (Phi) is 6.07. The van der Waals surface area contributed by atoms with E-state index in [2.05, 4.69) is 10.4 Å². The topological polar surface area (TPSA) is 90.3 Å². The van der Waals surface area contributed by atoms with Crippen molar-refractivity contribution in [1.82, 2.24) is 15.1 Å². The van der Waals surface area contributed by atoms with E-state index in [4.69, 9.17) is 4.74 Å². The summed E-state index contributed by atoms with van der Waals surface area (Å²) < 4.78 is 6.43. The molecule has 0 aliphatic carbocycles. The molecule has 0 fully saturated rings. The summed E-state index contributed by atoms with van der Waals surface area (Å²) in [5, 5.41) is 7.75. The van der Waals surface area contributed by atoms with E-state index in [0.717, 1.165) is 5.56 Å². The second kappa shape index (κ2) is 8.68. The van der Waals surface area contributed by atoms with Crippen LogP contribution in [0.25, 0.3) is 10.8 Å². The summed E-state index contributed by atoms with van der Waals surface area (Å²) in [4.78, 5) is 37.4. The highest BCUT2D eigenvalue weighted by Crippen LogP contribution is 2.16. The molecule has 7 nitrogen and oxygen atoms in total. The van der Waals surface area contributed by atoms with Crippen molar-refractivity contribution in [2.75, 3.05) is 6.61 Å². The molecular formula is C22H23N3O4. The van der Waals surface area contributed by atoms with Crippen molar-refractivity contribution < 1.29 is 14.3 Å². The number of nitrogens with zero attached hydrogens (tertiary/aromatic N) is 2. The summed E-state index contributed by atoms with van der Waals surface area (Å²) in [5.74, 6) is -1.17. The number of hydrogen-bond donors (Lipinski definition) is 1. The average molecular weight is 393 g/mol. The summed E-state index contributed by atoms with van der Waals surface area (Å²) in [7, 11) is 0. The summed E-state index contributed by atoms with van der Waals surface area (Å²) in [6.07, 6.45) is 0. The molecule has 3 rings (SSSR count). The Morgan fingerprint density at radius 2 is 1.62 bits per heavy atom. The van der Waals surface area contributed by atoms with Crippen molar-refractivity contribution in [1.29, 1.82) is 0 Å². The van der Waals surface area contributed by atoms with Crippen LogP contribution in [0.2, 0.25) is 0 Å². The van der Waals surface area contributed by atoms with Gasteiger partial charge < -0.3 is 10.1 Å². The van der Waals surface area contributed by atoms with Gasteiger partial charge in [-0.1, -0.05) is 48.5 Å². The molecule has 0 aliphatic rings. The standard InChI is InChI=1S/C22H23N3O4/c1-14(2)25-21(27)18-12-8-7-11-17(18)20(24-25)22(28)29-13-19(26)23-15(3)16-9-5-4-6-10-16/h4-12,14-15H,13H2,1-3H3,(H,23,26)/t15-/m1/s1. The fourth-order valence-electron chi connectivity index (χ4n) is 3.01. The van der Waals surface area contributed by atoms with Crippen LogP contribution in [-0.2, 0) is 9.53 Å². The molecule has 150 valence electrons. The van der Waals surface area contributed by atoms with Crippen LogP contribution < -0.4 is 10.9 Å². The summed E-state index contributed by atoms with van der Waals surface area (Å²) in [6, 6.07) is 15.8. The molecule has 29 heavy (non-hydrogen) atoms. The second-order valence-corrected chi connectivity index (χ2v) is 7.01. The smallest absolute Gasteiger partial charge is 0.359 e. The van der Waals surface area contributed by atoms with E-state index in [1.807, 2.05) is 37.3 Å². The molecule has 1 heterocycles. The molecule has 0 saturated heterocycles. The molecule has 3 aromatic rings. The number of hydrogen-bond acceptors (Lipinski definition) is 5. The molecule has 2 aromatic carbocycles. The van der Waals surface area contributed by atoms with Gasteiger partial charge in [-0.2, -0.15) is 5.10 Å². The minimum absolute atomic E-state index is 0.0119. The lowest BCUT2D eigenvalue weighted by Crippen LogP contribution is -2.32. The highest BCUT2D eigenvalue weighted by molar-refractivity contribution is 6.02. The van der Waals surface area contributed by atoms with E-state index >= 15 is 0 Å². The van der Waals surface area contributed by atoms with Crippen LogP contribution in [0.5, 0.6) is 0 Å². The predicted molar refractivity (Wildman–Crippen MR) is 110 cm³/mol. The van der Waals surface area contributed by atoms with Gasteiger partial charge in [0.05, 0.1) is 17.5 Å². The number of fused-ring (bicyclic) bond motifs is 1. The first-order valence-electron chi connectivity index (χ1n) is 9.41. The Hall–Kier alpha value is -3.48. The maximum atomic E-state index is 12.6. The van der Waals surface area contributed by atoms with Crippen LogP contribution in [-0.4, -0.2) is 28.3 Å². The maximum absolute atomic E-state index is 12.6. The van der Waals surface area contributed by atoms with Gasteiger partial charge in [-0.25, -0.2) is 9.48 Å². The van der Waals surface area contributed by atoms with Gasteiger partial charge in [-0.15, -0.1) is 0 Å². The molecule has 7 heteroatoms. The summed E-state index contributed by atoms with van der Waals surface area (Å²) >= 11 is 0. The quantitative estimate of drug-likeness (QED) is 0.650. The fourth-order valence-corrected chi connectivity index (χ4v) is 3.01. The van der Waals surface area contributed by atoms with Crippen molar-refractivity contribution >= 4 is 22.6 Å². The number of carbonyl (C=O) groups is 2. The Bertz CT molecular complexity index is 1090. The molecule has 0 unspecified atom stereocenters. The minimum Gasteiger partial charge on any atom is -0.451 e. The lowest BCUT2D eigenvalue weighted by molar-refractivity contribution is -0.124. The molecule has 0 radical (unpaired) electrons. The highest BCUT2D eigenvalue weighted by Gasteiger charge is 2.20. The zero-order chi connectivity index (χ0) is 21.0. The first kappa shape index (κ1) is 20.3. The molecule has 0 aliphatic heterocycles. The summed E-state index contributed by atoms with van der Waals surface area (Å²) in [5.41, 5.74) is 0.684. The predicted octanol–water partition coefficient (Wildman–Crippen LogP) is 3.01. The maximum Gasteiger partial charge on any atom is 0.359 e. The van der Waals surface area contributed by atoms with E-state index in [9.17, 15) is 14.4 Å². The summed E-state index contributed by atoms with van der Waals surface area (Å²) in [6.45, 7) is 5.02. The van der Waals surface area contributed by atoms with Crippen LogP contribution in [0.3, 0.4) is 0 Å². The lowest BCUT2D eigenvalue weighted by Gasteiger charge is -2.15. The Balaban J connectivity index is 1.75. The van der Waals surface area contributed by atoms with Crippen molar-refractivity contribution in [2.45, 2.75) is 32.9 Å². The molecule has 1 N–H and O–H groups in total. The van der Waals surface area contributed by atoms with Crippen molar-refractivity contribution in [3.05, 3.63) is 76.2 Å². The van der Waals surface area contributed by atoms with Gasteiger partial charge in [0.2, 0.25) is 0 Å². The monoisotopic (exact) mass is 393 g/mol. The molecule has 1 aromatic heterocycles. The number of nitrogens with one attached hydrogen (secondary N) is 1. The Morgan fingerprint density at radius 3 is 2.28 bits per heavy atom. The molecule has 0 spiro atoms. The van der Waals surface area contributed by atoms with Crippen LogP contribution in [0.4, 0.5) is 0 Å². The van der Waals surface area contributed by atoms with E-state index in [0.29, 0.717) is 10.8 Å². The highest BCUT2D eigenvalue weighted by atomic mass is 16.5. The van der Waals surface area contributed by atoms with Crippen LogP contribution in [0, 0.1) is 0 Å². The van der Waals surface area contributed by atoms with Gasteiger partial charge in [0.25, 0.3) is 11.5 Å². The zero-order valence-electron chi connectivity index (χ0n) is 16.6. The molecule has 0 bridgehead atoms. The van der Waals surface area contributed by atoms with Gasteiger partial charge in [0.15, 0.2) is 12.3 Å². The number of carbonyl (C=O) groups excluding carboxylic acids is 2. The Morgan fingerprint density at radius 1 is 1.00 bits per heavy atom. The van der Waals surface area contributed by atoms with Crippen LogP contribution in [0.15, 0.2) is 59.4 Å². The Labute approximate surface area is 168 Å². The first-order valence-corrected chi connectivity index (χ1v) is 9.41. The van der Waals surface area contributed by atoms with Gasteiger partial charge in [-0.3, -0.25) is 9.59 Å². The van der Waals surface area contributed by atoms with Crippen LogP contribution >= 0.6 is 0 Å². The number of rotatable bonds is 6. The SMILES string of the molecule is CC(C)n1nc(C(=O)OCC(=O)N[C@H](C)c2ccccc2)c2ccccc2c1=O. The van der Waals surface area contributed by atoms with Gasteiger partial charge in [-0.05, 0) is 32.4 Å². The van der Waals surface area contributed by atoms with Gasteiger partial charge >= 0.3 is 5.97 Å². The third kappa shape index (κ3) is 4.51. The lowest BCUT2D eigenvalue weighted by atomic mass is 10.1. The van der Waals surface area contributed by atoms with E-state index in [1.165, 1.54) is 4.68 Å². The number of amides is 1.